The lowest BCUT2D eigenvalue weighted by Gasteiger charge is -2.62. The van der Waals surface area contributed by atoms with Crippen molar-refractivity contribution in [2.75, 3.05) is 38.5 Å². The molecular formula is C35H56N4O5S. The maximum absolute atomic E-state index is 13.7. The minimum absolute atomic E-state index is 0.0390. The molecule has 0 heterocycles. The highest BCUT2D eigenvalue weighted by Crippen LogP contribution is 2.67. The molecule has 4 rings (SSSR count). The van der Waals surface area contributed by atoms with Gasteiger partial charge in [0, 0.05) is 41.2 Å². The molecule has 7 N–H and O–H groups in total. The summed E-state index contributed by atoms with van der Waals surface area (Å²) in [6.07, 6.45) is 4.39. The van der Waals surface area contributed by atoms with E-state index in [0.717, 1.165) is 49.1 Å². The second-order valence-corrected chi connectivity index (χ2v) is 15.5. The molecule has 2 bridgehead atoms. The van der Waals surface area contributed by atoms with Gasteiger partial charge in [0.05, 0.1) is 18.3 Å². The average Bonchev–Trinajstić information content (AvgIpc) is 3.37. The molecule has 252 valence electrons. The second-order valence-electron chi connectivity index (χ2n) is 14.4. The molecule has 1 amide bonds. The summed E-state index contributed by atoms with van der Waals surface area (Å²) in [5.74, 6) is -0.0501. The van der Waals surface area contributed by atoms with Crippen LogP contribution in [0.3, 0.4) is 0 Å². The summed E-state index contributed by atoms with van der Waals surface area (Å²) in [5, 5.41) is 18.4. The van der Waals surface area contributed by atoms with Crippen LogP contribution in [0.1, 0.15) is 78.2 Å². The molecule has 0 saturated heterocycles. The quantitative estimate of drug-likeness (QED) is 0.116. The Hall–Kier alpha value is -1.98. The highest BCUT2D eigenvalue weighted by atomic mass is 32.2. The zero-order chi connectivity index (χ0) is 32.8. The Bertz CT molecular complexity index is 1180. The third-order valence-corrected chi connectivity index (χ3v) is 12.6. The van der Waals surface area contributed by atoms with Gasteiger partial charge in [-0.25, -0.2) is 0 Å². The number of hydrogen-bond donors (Lipinski definition) is 5. The number of amides is 1. The monoisotopic (exact) mass is 644 g/mol. The fraction of sp³-hybridized carbons (Fsp3) is 0.743. The van der Waals surface area contributed by atoms with Gasteiger partial charge in [-0.2, -0.15) is 0 Å². The Balaban J connectivity index is 1.51. The van der Waals surface area contributed by atoms with Crippen molar-refractivity contribution in [1.29, 1.82) is 0 Å². The fourth-order valence-electron chi connectivity index (χ4n) is 8.75. The van der Waals surface area contributed by atoms with Crippen LogP contribution in [0.15, 0.2) is 29.2 Å². The molecule has 3 fully saturated rings. The van der Waals surface area contributed by atoms with Crippen LogP contribution in [0.25, 0.3) is 0 Å². The van der Waals surface area contributed by atoms with Gasteiger partial charge in [-0.05, 0) is 93.1 Å². The maximum atomic E-state index is 13.7. The Labute approximate surface area is 273 Å². The smallest absolute Gasteiger partial charge is 0.316 e. The lowest BCUT2D eigenvalue weighted by Crippen LogP contribution is -2.64. The Kier molecular flexibility index (Phi) is 12.2. The second kappa shape index (κ2) is 15.3. The van der Waals surface area contributed by atoms with Crippen molar-refractivity contribution in [2.45, 2.75) is 96.2 Å². The molecule has 8 atom stereocenters. The predicted molar refractivity (Wildman–Crippen MR) is 179 cm³/mol. The first-order valence-electron chi connectivity index (χ1n) is 16.9. The summed E-state index contributed by atoms with van der Waals surface area (Å²) in [5.41, 5.74) is 10.8. The molecule has 0 aliphatic heterocycles. The molecule has 45 heavy (non-hydrogen) atoms. The lowest BCUT2D eigenvalue weighted by atomic mass is 9.44. The number of thioether (sulfide) groups is 1. The minimum atomic E-state index is -0.647. The van der Waals surface area contributed by atoms with E-state index in [2.05, 4.69) is 38.3 Å². The van der Waals surface area contributed by atoms with Gasteiger partial charge >= 0.3 is 5.97 Å². The first-order chi connectivity index (χ1) is 21.4. The van der Waals surface area contributed by atoms with E-state index in [1.807, 2.05) is 24.3 Å². The number of hydrogen-bond acceptors (Lipinski definition) is 9. The molecule has 0 spiro atoms. The Morgan fingerprint density at radius 2 is 1.76 bits per heavy atom. The number of nitrogens with two attached hydrogens (primary N) is 2. The highest BCUT2D eigenvalue weighted by molar-refractivity contribution is 8.00. The lowest BCUT2D eigenvalue weighted by molar-refractivity contribution is -0.210. The Morgan fingerprint density at radius 3 is 2.44 bits per heavy atom. The van der Waals surface area contributed by atoms with Crippen molar-refractivity contribution >= 4 is 29.4 Å². The number of esters is 1. The number of aliphatic hydroxyl groups excluding tert-OH is 1. The van der Waals surface area contributed by atoms with Crippen molar-refractivity contribution < 1.29 is 24.2 Å². The van der Waals surface area contributed by atoms with Gasteiger partial charge in [-0.15, -0.1) is 11.8 Å². The molecule has 3 aliphatic rings. The normalized spacial score (nSPS) is 34.5. The molecular weight excluding hydrogens is 588 g/mol. The van der Waals surface area contributed by atoms with E-state index in [9.17, 15) is 19.5 Å². The Morgan fingerprint density at radius 1 is 1.07 bits per heavy atom. The van der Waals surface area contributed by atoms with Crippen LogP contribution in [-0.2, 0) is 25.5 Å². The van der Waals surface area contributed by atoms with Crippen molar-refractivity contribution in [1.82, 2.24) is 10.6 Å². The summed E-state index contributed by atoms with van der Waals surface area (Å²) in [6.45, 7) is 11.7. The third kappa shape index (κ3) is 7.61. The number of aliphatic hydroxyl groups is 1. The highest BCUT2D eigenvalue weighted by Gasteiger charge is 2.68. The van der Waals surface area contributed by atoms with Crippen LogP contribution >= 0.6 is 11.8 Å². The molecule has 1 aromatic carbocycles. The predicted octanol–water partition coefficient (Wildman–Crippen LogP) is 3.45. The number of ether oxygens (including phenoxy) is 1. The van der Waals surface area contributed by atoms with Gasteiger partial charge in [0.2, 0.25) is 5.91 Å². The summed E-state index contributed by atoms with van der Waals surface area (Å²) < 4.78 is 6.46. The molecule has 0 unspecified atom stereocenters. The van der Waals surface area contributed by atoms with Crippen molar-refractivity contribution in [3.05, 3.63) is 29.8 Å². The van der Waals surface area contributed by atoms with E-state index in [-0.39, 0.29) is 46.6 Å². The first kappa shape index (κ1) is 35.9. The number of Topliss-reactive ketones (excluding diaryl/α,β-unsaturated/α-hetero) is 1. The molecule has 3 saturated carbocycles. The van der Waals surface area contributed by atoms with Crippen LogP contribution in [-0.4, -0.2) is 73.5 Å². The minimum Gasteiger partial charge on any atom is -0.461 e. The van der Waals surface area contributed by atoms with Crippen molar-refractivity contribution in [3.63, 3.8) is 0 Å². The number of ketones is 1. The van der Waals surface area contributed by atoms with Crippen LogP contribution in [0.4, 0.5) is 0 Å². The topological polar surface area (TPSA) is 157 Å². The third-order valence-electron chi connectivity index (χ3n) is 11.6. The van der Waals surface area contributed by atoms with Crippen LogP contribution in [0, 0.1) is 34.0 Å². The fourth-order valence-corrected chi connectivity index (χ4v) is 9.43. The largest absolute Gasteiger partial charge is 0.461 e. The first-order valence-corrected chi connectivity index (χ1v) is 17.9. The van der Waals surface area contributed by atoms with Crippen molar-refractivity contribution in [2.24, 2.45) is 45.5 Å². The van der Waals surface area contributed by atoms with E-state index in [1.165, 1.54) is 11.8 Å². The van der Waals surface area contributed by atoms with Gasteiger partial charge in [-0.1, -0.05) is 39.8 Å². The summed E-state index contributed by atoms with van der Waals surface area (Å²) >= 11 is 1.40. The van der Waals surface area contributed by atoms with E-state index < -0.39 is 23.0 Å². The molecule has 10 heteroatoms. The van der Waals surface area contributed by atoms with Gasteiger partial charge in [0.15, 0.2) is 0 Å². The number of nitrogens with one attached hydrogen (secondary N) is 2. The average molecular weight is 645 g/mol. The molecule has 0 aromatic heterocycles. The van der Waals surface area contributed by atoms with Crippen LogP contribution < -0.4 is 22.1 Å². The van der Waals surface area contributed by atoms with E-state index >= 15 is 0 Å². The summed E-state index contributed by atoms with van der Waals surface area (Å²) in [6, 6.07) is 7.67. The molecule has 9 nitrogen and oxygen atoms in total. The van der Waals surface area contributed by atoms with Gasteiger partial charge in [0.1, 0.15) is 11.9 Å². The summed E-state index contributed by atoms with van der Waals surface area (Å²) in [4.78, 5) is 40.3. The molecule has 0 radical (unpaired) electrons. The van der Waals surface area contributed by atoms with Crippen LogP contribution in [0.5, 0.6) is 0 Å². The summed E-state index contributed by atoms with van der Waals surface area (Å²) in [7, 11) is 0. The molecule has 3 aliphatic carbocycles. The van der Waals surface area contributed by atoms with Crippen molar-refractivity contribution in [3.8, 4) is 0 Å². The van der Waals surface area contributed by atoms with E-state index in [1.54, 1.807) is 0 Å². The van der Waals surface area contributed by atoms with Crippen LogP contribution in [0.2, 0.25) is 0 Å². The number of benzene rings is 1. The van der Waals surface area contributed by atoms with E-state index in [0.29, 0.717) is 45.4 Å². The number of carbonyl (C=O) groups is 3. The number of carbonyl (C=O) groups excluding carboxylic acids is 3. The maximum Gasteiger partial charge on any atom is 0.316 e. The SMILES string of the molecule is C[C@@H]1CC[C@@]23CCC(=O)[C@H]2[C@]1(C)[C@H](OC(=O)CSc1ccc(CC(=O)NCCCN)cc1)C[C@](C)(CNCCCN)[C@@H](O)[C@@H]3C. The number of rotatable bonds is 14. The zero-order valence-corrected chi connectivity index (χ0v) is 28.6. The van der Waals surface area contributed by atoms with Gasteiger partial charge < -0.3 is 31.9 Å². The molecule has 1 aromatic rings. The zero-order valence-electron chi connectivity index (χ0n) is 27.7. The van der Waals surface area contributed by atoms with E-state index in [4.69, 9.17) is 16.2 Å². The standard InChI is InChI=1S/C35H56N4O5S/c1-23-11-13-35-14-12-27(40)31(35)34(23,4)28(20-33(3,32(43)24(35)2)22-38-17-5-15-36)44-30(42)21-45-26-9-7-25(8-10-26)19-29(41)39-18-6-16-37/h7-10,23-24,28,31-32,38,43H,5-6,11-22,36-37H2,1-4H3,(H,39,41)/t23-,24+,28-,31+,32+,33-,34+,35+/m1/s1. The van der Waals surface area contributed by atoms with Gasteiger partial charge in [-0.3, -0.25) is 14.4 Å². The van der Waals surface area contributed by atoms with Gasteiger partial charge in [0.25, 0.3) is 0 Å².